The topological polar surface area (TPSA) is 54.0 Å². The number of rotatable bonds is 7. The van der Waals surface area contributed by atoms with Crippen LogP contribution in [-0.2, 0) is 11.2 Å². The van der Waals surface area contributed by atoms with Crippen LogP contribution in [0.2, 0.25) is 5.02 Å². The lowest BCUT2D eigenvalue weighted by Gasteiger charge is -2.02. The van der Waals surface area contributed by atoms with Crippen molar-refractivity contribution < 1.29 is 4.79 Å². The van der Waals surface area contributed by atoms with Gasteiger partial charge < -0.3 is 10.6 Å². The van der Waals surface area contributed by atoms with Crippen LogP contribution in [0.15, 0.2) is 30.5 Å². The highest BCUT2D eigenvalue weighted by Crippen LogP contribution is 2.24. The molecular weight excluding hydrogens is 306 g/mol. The van der Waals surface area contributed by atoms with E-state index < -0.39 is 0 Å². The first-order valence-electron chi connectivity index (χ1n) is 6.81. The lowest BCUT2D eigenvalue weighted by molar-refractivity contribution is -0.116. The molecule has 112 valence electrons. The fraction of sp³-hybridized carbons (Fsp3) is 0.333. The minimum Gasteiger partial charge on any atom is -0.320 e. The Labute approximate surface area is 133 Å². The van der Waals surface area contributed by atoms with E-state index in [-0.39, 0.29) is 5.91 Å². The van der Waals surface area contributed by atoms with Crippen LogP contribution in [0.25, 0.3) is 0 Å². The number of aromatic nitrogens is 1. The maximum absolute atomic E-state index is 11.7. The number of nitrogens with one attached hydrogen (secondary N) is 2. The van der Waals surface area contributed by atoms with Crippen molar-refractivity contribution >= 4 is 34.0 Å². The van der Waals surface area contributed by atoms with Gasteiger partial charge in [-0.15, -0.1) is 11.3 Å². The van der Waals surface area contributed by atoms with Gasteiger partial charge in [-0.1, -0.05) is 29.8 Å². The Hall–Kier alpha value is -1.43. The van der Waals surface area contributed by atoms with Crippen molar-refractivity contribution in [1.29, 1.82) is 0 Å². The van der Waals surface area contributed by atoms with E-state index in [2.05, 4.69) is 15.6 Å². The minimum absolute atomic E-state index is 0.00361. The minimum atomic E-state index is 0.00361. The van der Waals surface area contributed by atoms with E-state index in [0.29, 0.717) is 11.6 Å². The van der Waals surface area contributed by atoms with Crippen LogP contribution < -0.4 is 10.6 Å². The molecule has 1 heterocycles. The number of hydrogen-bond acceptors (Lipinski definition) is 4. The molecule has 1 amide bonds. The molecule has 1 aromatic carbocycles. The molecule has 0 saturated carbocycles. The van der Waals surface area contributed by atoms with Crippen LogP contribution in [-0.4, -0.2) is 24.5 Å². The monoisotopic (exact) mass is 323 g/mol. The molecule has 0 aliphatic heterocycles. The number of thiazole rings is 1. The Bertz CT molecular complexity index is 600. The molecule has 0 fully saturated rings. The lowest BCUT2D eigenvalue weighted by atomic mass is 10.1. The normalized spacial score (nSPS) is 10.6. The Morgan fingerprint density at radius 2 is 2.19 bits per heavy atom. The second-order valence-corrected chi connectivity index (χ2v) is 6.18. The smallest absolute Gasteiger partial charge is 0.226 e. The molecule has 0 atom stereocenters. The van der Waals surface area contributed by atoms with Crippen LogP contribution in [0, 0.1) is 0 Å². The standard InChI is InChI=1S/C15H18ClN3OS/c1-17-8-4-7-14(20)19-15-18-10-12(21-15)9-11-5-2-3-6-13(11)16/h2-3,5-6,10,17H,4,7-9H2,1H3,(H,18,19,20). The van der Waals surface area contributed by atoms with Crippen molar-refractivity contribution in [3.63, 3.8) is 0 Å². The van der Waals surface area contributed by atoms with Crippen LogP contribution >= 0.6 is 22.9 Å². The van der Waals surface area contributed by atoms with Gasteiger partial charge in [0.1, 0.15) is 0 Å². The van der Waals surface area contributed by atoms with Crippen LogP contribution in [0.1, 0.15) is 23.3 Å². The molecule has 21 heavy (non-hydrogen) atoms. The first-order valence-corrected chi connectivity index (χ1v) is 8.01. The molecule has 0 saturated heterocycles. The fourth-order valence-corrected chi connectivity index (χ4v) is 2.94. The molecular formula is C15H18ClN3OS. The van der Waals surface area contributed by atoms with Gasteiger partial charge in [0.05, 0.1) is 0 Å². The molecule has 0 aliphatic rings. The third kappa shape index (κ3) is 5.12. The second-order valence-electron chi connectivity index (χ2n) is 4.66. The summed E-state index contributed by atoms with van der Waals surface area (Å²) in [5.41, 5.74) is 1.06. The first-order chi connectivity index (χ1) is 10.2. The van der Waals surface area contributed by atoms with Gasteiger partial charge in [-0.25, -0.2) is 4.98 Å². The number of carbonyl (C=O) groups excluding carboxylic acids is 1. The molecule has 0 spiro atoms. The summed E-state index contributed by atoms with van der Waals surface area (Å²) in [7, 11) is 1.87. The van der Waals surface area contributed by atoms with Gasteiger partial charge in [-0.05, 0) is 31.6 Å². The van der Waals surface area contributed by atoms with Crippen molar-refractivity contribution in [2.24, 2.45) is 0 Å². The molecule has 0 aliphatic carbocycles. The predicted molar refractivity (Wildman–Crippen MR) is 88.2 cm³/mol. The highest BCUT2D eigenvalue weighted by Gasteiger charge is 2.08. The molecule has 0 radical (unpaired) electrons. The highest BCUT2D eigenvalue weighted by atomic mass is 35.5. The molecule has 1 aromatic heterocycles. The first kappa shape index (κ1) is 15.9. The van der Waals surface area contributed by atoms with Gasteiger partial charge in [0.2, 0.25) is 5.91 Å². The van der Waals surface area contributed by atoms with E-state index in [9.17, 15) is 4.79 Å². The zero-order valence-electron chi connectivity index (χ0n) is 11.9. The van der Waals surface area contributed by atoms with Gasteiger partial charge in [0, 0.05) is 28.9 Å². The van der Waals surface area contributed by atoms with Crippen molar-refractivity contribution in [3.8, 4) is 0 Å². The predicted octanol–water partition coefficient (Wildman–Crippen LogP) is 3.33. The van der Waals surface area contributed by atoms with E-state index in [1.807, 2.05) is 31.3 Å². The average Bonchev–Trinajstić information content (AvgIpc) is 2.89. The molecule has 0 unspecified atom stereocenters. The van der Waals surface area contributed by atoms with E-state index in [1.165, 1.54) is 11.3 Å². The number of nitrogens with zero attached hydrogens (tertiary/aromatic N) is 1. The maximum atomic E-state index is 11.7. The number of halogens is 1. The summed E-state index contributed by atoms with van der Waals surface area (Å²) in [6.45, 7) is 0.836. The second kappa shape index (κ2) is 8.12. The zero-order valence-corrected chi connectivity index (χ0v) is 13.4. The summed E-state index contributed by atoms with van der Waals surface area (Å²) in [6, 6.07) is 7.75. The average molecular weight is 324 g/mol. The van der Waals surface area contributed by atoms with E-state index >= 15 is 0 Å². The number of benzene rings is 1. The zero-order chi connectivity index (χ0) is 15.1. The van der Waals surface area contributed by atoms with Crippen molar-refractivity contribution in [2.45, 2.75) is 19.3 Å². The Morgan fingerprint density at radius 3 is 2.95 bits per heavy atom. The third-order valence-corrected chi connectivity index (χ3v) is 4.23. The van der Waals surface area contributed by atoms with Gasteiger partial charge in [0.25, 0.3) is 0 Å². The summed E-state index contributed by atoms with van der Waals surface area (Å²) >= 11 is 7.63. The van der Waals surface area contributed by atoms with E-state index in [4.69, 9.17) is 11.6 Å². The van der Waals surface area contributed by atoms with Crippen molar-refractivity contribution in [3.05, 3.63) is 45.9 Å². The van der Waals surface area contributed by atoms with Gasteiger partial charge in [0.15, 0.2) is 5.13 Å². The molecule has 2 rings (SSSR count). The molecule has 4 nitrogen and oxygen atoms in total. The third-order valence-electron chi connectivity index (χ3n) is 2.95. The number of carbonyl (C=O) groups is 1. The Morgan fingerprint density at radius 1 is 1.38 bits per heavy atom. The molecule has 2 N–H and O–H groups in total. The maximum Gasteiger partial charge on any atom is 0.226 e. The largest absolute Gasteiger partial charge is 0.320 e. The van der Waals surface area contributed by atoms with E-state index in [1.54, 1.807) is 6.20 Å². The summed E-state index contributed by atoms with van der Waals surface area (Å²) < 4.78 is 0. The van der Waals surface area contributed by atoms with Crippen LogP contribution in [0.4, 0.5) is 5.13 Å². The summed E-state index contributed by atoms with van der Waals surface area (Å²) in [6.07, 6.45) is 3.84. The Balaban J connectivity index is 1.89. The molecule has 0 bridgehead atoms. The SMILES string of the molecule is CNCCCC(=O)Nc1ncc(Cc2ccccc2Cl)s1. The summed E-state index contributed by atoms with van der Waals surface area (Å²) in [4.78, 5) is 17.0. The van der Waals surface area contributed by atoms with Crippen molar-refractivity contribution in [1.82, 2.24) is 10.3 Å². The number of amides is 1. The van der Waals surface area contributed by atoms with Gasteiger partial charge in [-0.2, -0.15) is 0 Å². The fourth-order valence-electron chi connectivity index (χ4n) is 1.88. The quantitative estimate of drug-likeness (QED) is 0.768. The highest BCUT2D eigenvalue weighted by molar-refractivity contribution is 7.15. The van der Waals surface area contributed by atoms with Gasteiger partial charge in [-0.3, -0.25) is 4.79 Å². The van der Waals surface area contributed by atoms with Gasteiger partial charge >= 0.3 is 0 Å². The summed E-state index contributed by atoms with van der Waals surface area (Å²) in [5, 5.41) is 7.25. The molecule has 2 aromatic rings. The van der Waals surface area contributed by atoms with Crippen molar-refractivity contribution in [2.75, 3.05) is 18.9 Å². The Kier molecular flexibility index (Phi) is 6.17. The van der Waals surface area contributed by atoms with E-state index in [0.717, 1.165) is 34.8 Å². The van der Waals surface area contributed by atoms with Crippen LogP contribution in [0.5, 0.6) is 0 Å². The lowest BCUT2D eigenvalue weighted by Crippen LogP contribution is -2.14. The number of anilines is 1. The van der Waals surface area contributed by atoms with Crippen LogP contribution in [0.3, 0.4) is 0 Å². The summed E-state index contributed by atoms with van der Waals surface area (Å²) in [5.74, 6) is 0.00361. The molecule has 6 heteroatoms. The number of hydrogen-bond donors (Lipinski definition) is 2.